The zero-order valence-electron chi connectivity index (χ0n) is 17.6. The Hall–Kier alpha value is -2.29. The lowest BCUT2D eigenvalue weighted by atomic mass is 9.95. The average molecular weight is 429 g/mol. The first-order chi connectivity index (χ1) is 13.9. The number of carbonyl (C=O) groups is 2. The number of nitrogens with one attached hydrogen (secondary N) is 2. The van der Waals surface area contributed by atoms with E-state index in [-0.39, 0.29) is 11.5 Å². The van der Waals surface area contributed by atoms with E-state index in [1.165, 1.54) is 12.1 Å². The van der Waals surface area contributed by atoms with Crippen LogP contribution < -0.4 is 15.4 Å². The zero-order valence-corrected chi connectivity index (χ0v) is 17.6. The summed E-state index contributed by atoms with van der Waals surface area (Å²) >= 11 is 0. The second-order valence-electron chi connectivity index (χ2n) is 8.58. The van der Waals surface area contributed by atoms with Crippen molar-refractivity contribution in [3.05, 3.63) is 29.8 Å². The van der Waals surface area contributed by atoms with Crippen LogP contribution in [0.25, 0.3) is 0 Å². The molecule has 0 aliphatic carbocycles. The lowest BCUT2D eigenvalue weighted by Gasteiger charge is -2.32. The molecular weight excluding hydrogens is 399 g/mol. The molecule has 9 heteroatoms. The van der Waals surface area contributed by atoms with Gasteiger partial charge < -0.3 is 20.3 Å². The van der Waals surface area contributed by atoms with Crippen LogP contribution in [0.5, 0.6) is 5.75 Å². The van der Waals surface area contributed by atoms with E-state index in [4.69, 9.17) is 0 Å². The number of amides is 2. The molecule has 2 amide bonds. The molecule has 1 aromatic carbocycles. The van der Waals surface area contributed by atoms with Gasteiger partial charge in [0.05, 0.1) is 0 Å². The fraction of sp³-hybridized carbons (Fsp3) is 0.619. The highest BCUT2D eigenvalue weighted by atomic mass is 19.4. The van der Waals surface area contributed by atoms with Gasteiger partial charge in [0.1, 0.15) is 5.75 Å². The highest BCUT2D eigenvalue weighted by Crippen LogP contribution is 2.23. The van der Waals surface area contributed by atoms with E-state index in [1.807, 2.05) is 20.8 Å². The minimum atomic E-state index is -4.79. The van der Waals surface area contributed by atoms with Gasteiger partial charge in [-0.05, 0) is 50.0 Å². The van der Waals surface area contributed by atoms with Crippen molar-refractivity contribution in [2.24, 2.45) is 11.3 Å². The summed E-state index contributed by atoms with van der Waals surface area (Å²) in [5.41, 5.74) is -0.271. The zero-order chi connectivity index (χ0) is 22.4. The van der Waals surface area contributed by atoms with E-state index in [0.29, 0.717) is 19.0 Å². The fourth-order valence-electron chi connectivity index (χ4n) is 3.18. The smallest absolute Gasteiger partial charge is 0.406 e. The molecule has 1 saturated heterocycles. The van der Waals surface area contributed by atoms with Crippen LogP contribution >= 0.6 is 0 Å². The molecule has 168 valence electrons. The van der Waals surface area contributed by atoms with Crippen molar-refractivity contribution >= 4 is 11.8 Å². The van der Waals surface area contributed by atoms with Gasteiger partial charge in [0.25, 0.3) is 5.91 Å². The molecule has 1 aliphatic heterocycles. The van der Waals surface area contributed by atoms with E-state index >= 15 is 0 Å². The maximum absolute atomic E-state index is 12.3. The molecular formula is C21H30F3N3O3. The third kappa shape index (κ3) is 8.22. The molecule has 1 heterocycles. The first-order valence-electron chi connectivity index (χ1n) is 10.1. The number of hydrogen-bond donors (Lipinski definition) is 2. The Labute approximate surface area is 175 Å². The van der Waals surface area contributed by atoms with Gasteiger partial charge in [-0.25, -0.2) is 0 Å². The lowest BCUT2D eigenvalue weighted by Crippen LogP contribution is -2.43. The Morgan fingerprint density at radius 3 is 2.40 bits per heavy atom. The summed E-state index contributed by atoms with van der Waals surface area (Å²) in [7, 11) is 0. The largest absolute Gasteiger partial charge is 0.573 e. The Morgan fingerprint density at radius 1 is 1.13 bits per heavy atom. The molecule has 6 nitrogen and oxygen atoms in total. The Kier molecular flexibility index (Phi) is 8.11. The van der Waals surface area contributed by atoms with Gasteiger partial charge in [-0.15, -0.1) is 13.2 Å². The molecule has 0 bridgehead atoms. The van der Waals surface area contributed by atoms with E-state index in [0.717, 1.165) is 44.6 Å². The molecule has 0 spiro atoms. The number of carbonyl (C=O) groups excluding carboxylic acids is 2. The third-order valence-electron chi connectivity index (χ3n) is 4.98. The predicted octanol–water partition coefficient (Wildman–Crippen LogP) is 3.19. The van der Waals surface area contributed by atoms with Gasteiger partial charge in [-0.1, -0.05) is 26.8 Å². The summed E-state index contributed by atoms with van der Waals surface area (Å²) in [6.07, 6.45) is -2.98. The second kappa shape index (κ2) is 10.1. The minimum absolute atomic E-state index is 0.0322. The normalized spacial score (nSPS) is 16.2. The SMILES string of the molecule is CC(C)(C)C(=O)NCCN1CCC(CNC(=O)c2cccc(OC(F)(F)F)c2)CC1. The number of piperidine rings is 1. The minimum Gasteiger partial charge on any atom is -0.406 e. The van der Waals surface area contributed by atoms with Gasteiger partial charge in [-0.3, -0.25) is 9.59 Å². The van der Waals surface area contributed by atoms with Crippen LogP contribution in [0.15, 0.2) is 24.3 Å². The number of benzene rings is 1. The van der Waals surface area contributed by atoms with Crippen LogP contribution in [-0.4, -0.2) is 55.8 Å². The maximum Gasteiger partial charge on any atom is 0.573 e. The molecule has 0 radical (unpaired) electrons. The summed E-state index contributed by atoms with van der Waals surface area (Å²) in [6, 6.07) is 5.04. The molecule has 1 aliphatic rings. The van der Waals surface area contributed by atoms with Crippen molar-refractivity contribution in [2.45, 2.75) is 40.0 Å². The highest BCUT2D eigenvalue weighted by molar-refractivity contribution is 5.94. The molecule has 2 N–H and O–H groups in total. The predicted molar refractivity (Wildman–Crippen MR) is 107 cm³/mol. The number of alkyl halides is 3. The summed E-state index contributed by atoms with van der Waals surface area (Å²) in [6.45, 7) is 9.24. The number of rotatable bonds is 7. The van der Waals surface area contributed by atoms with Gasteiger partial charge in [-0.2, -0.15) is 0 Å². The van der Waals surface area contributed by atoms with Crippen LogP contribution in [-0.2, 0) is 4.79 Å². The standard InChI is InChI=1S/C21H30F3N3O3/c1-20(2,3)19(29)25-9-12-27-10-7-15(8-11-27)14-26-18(28)16-5-4-6-17(13-16)30-21(22,23)24/h4-6,13,15H,7-12,14H2,1-3H3,(H,25,29)(H,26,28). The van der Waals surface area contributed by atoms with Gasteiger partial charge in [0.15, 0.2) is 0 Å². The van der Waals surface area contributed by atoms with Crippen LogP contribution in [0.4, 0.5) is 13.2 Å². The molecule has 1 aromatic rings. The van der Waals surface area contributed by atoms with Crippen molar-refractivity contribution < 1.29 is 27.5 Å². The maximum atomic E-state index is 12.3. The first kappa shape index (κ1) is 24.0. The van der Waals surface area contributed by atoms with E-state index in [2.05, 4.69) is 20.3 Å². The van der Waals surface area contributed by atoms with Crippen LogP contribution in [0.2, 0.25) is 0 Å². The quantitative estimate of drug-likeness (QED) is 0.699. The highest BCUT2D eigenvalue weighted by Gasteiger charge is 2.31. The van der Waals surface area contributed by atoms with E-state index in [9.17, 15) is 22.8 Å². The Morgan fingerprint density at radius 2 is 1.80 bits per heavy atom. The third-order valence-corrected chi connectivity index (χ3v) is 4.98. The van der Waals surface area contributed by atoms with Crippen molar-refractivity contribution in [3.63, 3.8) is 0 Å². The summed E-state index contributed by atoms with van der Waals surface area (Å²) in [5.74, 6) is -0.495. The number of likely N-dealkylation sites (tertiary alicyclic amines) is 1. The molecule has 2 rings (SSSR count). The molecule has 1 fully saturated rings. The summed E-state index contributed by atoms with van der Waals surface area (Å²) in [4.78, 5) is 26.4. The summed E-state index contributed by atoms with van der Waals surface area (Å²) < 4.78 is 40.8. The Balaban J connectivity index is 1.70. The molecule has 0 atom stereocenters. The van der Waals surface area contributed by atoms with E-state index < -0.39 is 23.4 Å². The van der Waals surface area contributed by atoms with Crippen molar-refractivity contribution in [1.82, 2.24) is 15.5 Å². The number of nitrogens with zero attached hydrogens (tertiary/aromatic N) is 1. The number of ether oxygens (including phenoxy) is 1. The van der Waals surface area contributed by atoms with Gasteiger partial charge in [0, 0.05) is 30.6 Å². The first-order valence-corrected chi connectivity index (χ1v) is 10.1. The van der Waals surface area contributed by atoms with Crippen LogP contribution in [0.1, 0.15) is 44.0 Å². The fourth-order valence-corrected chi connectivity index (χ4v) is 3.18. The van der Waals surface area contributed by atoms with Gasteiger partial charge >= 0.3 is 6.36 Å². The van der Waals surface area contributed by atoms with Crippen molar-refractivity contribution in [1.29, 1.82) is 0 Å². The molecule has 0 aromatic heterocycles. The molecule has 30 heavy (non-hydrogen) atoms. The van der Waals surface area contributed by atoms with Gasteiger partial charge in [0.2, 0.25) is 5.91 Å². The average Bonchev–Trinajstić information content (AvgIpc) is 2.65. The lowest BCUT2D eigenvalue weighted by molar-refractivity contribution is -0.274. The monoisotopic (exact) mass is 429 g/mol. The molecule has 0 unspecified atom stereocenters. The van der Waals surface area contributed by atoms with Crippen LogP contribution in [0, 0.1) is 11.3 Å². The topological polar surface area (TPSA) is 70.7 Å². The van der Waals surface area contributed by atoms with Crippen molar-refractivity contribution in [3.8, 4) is 5.75 Å². The van der Waals surface area contributed by atoms with Crippen molar-refractivity contribution in [2.75, 3.05) is 32.7 Å². The summed E-state index contributed by atoms with van der Waals surface area (Å²) in [5, 5.41) is 5.74. The van der Waals surface area contributed by atoms with Crippen LogP contribution in [0.3, 0.4) is 0 Å². The number of hydrogen-bond acceptors (Lipinski definition) is 4. The molecule has 0 saturated carbocycles. The Bertz CT molecular complexity index is 724. The number of halogens is 3. The second-order valence-corrected chi connectivity index (χ2v) is 8.58. The van der Waals surface area contributed by atoms with E-state index in [1.54, 1.807) is 0 Å².